The molecule has 0 amide bonds. The lowest BCUT2D eigenvalue weighted by Crippen LogP contribution is -2.10. The molecule has 1 heterocycles. The monoisotopic (exact) mass is 225 g/mol. The van der Waals surface area contributed by atoms with Crippen LogP contribution in [0.25, 0.3) is 10.9 Å². The molecule has 0 spiro atoms. The first kappa shape index (κ1) is 10.4. The third kappa shape index (κ3) is 1.84. The first-order chi connectivity index (χ1) is 7.24. The van der Waals surface area contributed by atoms with E-state index in [0.29, 0.717) is 11.7 Å². The number of rotatable bonds is 3. The maximum atomic E-state index is 6.06. The van der Waals surface area contributed by atoms with Crippen molar-refractivity contribution >= 4 is 22.5 Å². The summed E-state index contributed by atoms with van der Waals surface area (Å²) >= 11 is 6.06. The van der Waals surface area contributed by atoms with E-state index in [2.05, 4.69) is 10.6 Å². The molecule has 2 aromatic rings. The van der Waals surface area contributed by atoms with Crippen LogP contribution in [-0.2, 0) is 18.4 Å². The van der Waals surface area contributed by atoms with Gasteiger partial charge in [0.15, 0.2) is 5.15 Å². The Hall–Kier alpha value is -1.10. The molecule has 0 saturated heterocycles. The third-order valence-corrected chi connectivity index (χ3v) is 2.59. The molecular weight excluding hydrogens is 214 g/mol. The SMILES string of the molecule is CONCc1cccc2c1c(Cl)nn2C. The summed E-state index contributed by atoms with van der Waals surface area (Å²) in [5.74, 6) is 0. The zero-order valence-corrected chi connectivity index (χ0v) is 9.38. The maximum Gasteiger partial charge on any atom is 0.159 e. The van der Waals surface area contributed by atoms with Gasteiger partial charge in [-0.25, -0.2) is 0 Å². The second-order valence-electron chi connectivity index (χ2n) is 3.25. The van der Waals surface area contributed by atoms with Gasteiger partial charge in [-0.3, -0.25) is 4.68 Å². The van der Waals surface area contributed by atoms with E-state index in [1.54, 1.807) is 11.8 Å². The highest BCUT2D eigenvalue weighted by Crippen LogP contribution is 2.25. The van der Waals surface area contributed by atoms with Gasteiger partial charge in [-0.15, -0.1) is 0 Å². The summed E-state index contributed by atoms with van der Waals surface area (Å²) in [7, 11) is 3.47. The van der Waals surface area contributed by atoms with Gasteiger partial charge in [-0.1, -0.05) is 23.7 Å². The molecule has 0 saturated carbocycles. The van der Waals surface area contributed by atoms with Gasteiger partial charge in [0.1, 0.15) is 0 Å². The zero-order chi connectivity index (χ0) is 10.8. The van der Waals surface area contributed by atoms with Crippen LogP contribution in [0.15, 0.2) is 18.2 Å². The highest BCUT2D eigenvalue weighted by molar-refractivity contribution is 6.34. The minimum atomic E-state index is 0.529. The molecule has 80 valence electrons. The van der Waals surface area contributed by atoms with E-state index in [9.17, 15) is 0 Å². The normalized spacial score (nSPS) is 11.1. The molecule has 0 bridgehead atoms. The molecule has 0 atom stereocenters. The van der Waals surface area contributed by atoms with Crippen molar-refractivity contribution in [3.8, 4) is 0 Å². The second-order valence-corrected chi connectivity index (χ2v) is 3.61. The van der Waals surface area contributed by atoms with Crippen LogP contribution in [0.5, 0.6) is 0 Å². The first-order valence-electron chi connectivity index (χ1n) is 4.60. The first-order valence-corrected chi connectivity index (χ1v) is 4.97. The van der Waals surface area contributed by atoms with Gasteiger partial charge in [0.05, 0.1) is 12.6 Å². The van der Waals surface area contributed by atoms with E-state index in [1.807, 2.05) is 25.2 Å². The highest BCUT2D eigenvalue weighted by atomic mass is 35.5. The van der Waals surface area contributed by atoms with Crippen molar-refractivity contribution in [3.63, 3.8) is 0 Å². The van der Waals surface area contributed by atoms with E-state index in [-0.39, 0.29) is 0 Å². The number of hydrogen-bond donors (Lipinski definition) is 1. The summed E-state index contributed by atoms with van der Waals surface area (Å²) in [6, 6.07) is 5.97. The molecular formula is C10H12ClN3O. The molecule has 0 fully saturated rings. The number of hydroxylamine groups is 1. The molecule has 5 heteroatoms. The van der Waals surface area contributed by atoms with Crippen LogP contribution in [0.1, 0.15) is 5.56 Å². The molecule has 1 N–H and O–H groups in total. The molecule has 0 aliphatic carbocycles. The summed E-state index contributed by atoms with van der Waals surface area (Å²) in [4.78, 5) is 4.82. The Labute approximate surface area is 92.7 Å². The Morgan fingerprint density at radius 2 is 2.33 bits per heavy atom. The van der Waals surface area contributed by atoms with Crippen LogP contribution in [0.2, 0.25) is 5.15 Å². The lowest BCUT2D eigenvalue weighted by Gasteiger charge is -2.03. The predicted molar refractivity (Wildman–Crippen MR) is 59.6 cm³/mol. The summed E-state index contributed by atoms with van der Waals surface area (Å²) in [6.45, 7) is 0.610. The Morgan fingerprint density at radius 3 is 3.07 bits per heavy atom. The third-order valence-electron chi connectivity index (χ3n) is 2.33. The fraction of sp³-hybridized carbons (Fsp3) is 0.300. The zero-order valence-electron chi connectivity index (χ0n) is 8.62. The minimum absolute atomic E-state index is 0.529. The van der Waals surface area contributed by atoms with E-state index >= 15 is 0 Å². The van der Waals surface area contributed by atoms with Crippen LogP contribution < -0.4 is 5.48 Å². The van der Waals surface area contributed by atoms with E-state index < -0.39 is 0 Å². The van der Waals surface area contributed by atoms with Crippen molar-refractivity contribution in [1.29, 1.82) is 0 Å². The smallest absolute Gasteiger partial charge is 0.159 e. The highest BCUT2D eigenvalue weighted by Gasteiger charge is 2.10. The van der Waals surface area contributed by atoms with E-state index in [1.165, 1.54) is 0 Å². The van der Waals surface area contributed by atoms with Crippen LogP contribution in [0, 0.1) is 0 Å². The molecule has 0 unspecified atom stereocenters. The summed E-state index contributed by atoms with van der Waals surface area (Å²) in [5.41, 5.74) is 4.90. The topological polar surface area (TPSA) is 39.1 Å². The summed E-state index contributed by atoms with van der Waals surface area (Å²) < 4.78 is 1.77. The Kier molecular flexibility index (Phi) is 2.90. The Morgan fingerprint density at radius 1 is 1.53 bits per heavy atom. The molecule has 4 nitrogen and oxygen atoms in total. The Balaban J connectivity index is 2.54. The van der Waals surface area contributed by atoms with Gasteiger partial charge >= 0.3 is 0 Å². The van der Waals surface area contributed by atoms with Crippen LogP contribution in [-0.4, -0.2) is 16.9 Å². The number of fused-ring (bicyclic) bond motifs is 1. The molecule has 0 radical (unpaired) electrons. The standard InChI is InChI=1S/C10H12ClN3O/c1-14-8-5-3-4-7(6-12-15-2)9(8)10(11)13-14/h3-5,12H,6H2,1-2H3. The lowest BCUT2D eigenvalue weighted by atomic mass is 10.1. The Bertz CT molecular complexity index is 481. The minimum Gasteiger partial charge on any atom is -0.305 e. The fourth-order valence-corrected chi connectivity index (χ4v) is 1.96. The summed E-state index contributed by atoms with van der Waals surface area (Å²) in [5, 5.41) is 5.68. The summed E-state index contributed by atoms with van der Waals surface area (Å²) in [6.07, 6.45) is 0. The number of hydrogen-bond acceptors (Lipinski definition) is 3. The molecule has 2 rings (SSSR count). The maximum absolute atomic E-state index is 6.06. The van der Waals surface area contributed by atoms with Crippen LogP contribution >= 0.6 is 11.6 Å². The van der Waals surface area contributed by atoms with Gasteiger partial charge in [0.25, 0.3) is 0 Å². The average molecular weight is 226 g/mol. The number of halogens is 1. The van der Waals surface area contributed by atoms with Crippen molar-refractivity contribution in [2.24, 2.45) is 7.05 Å². The van der Waals surface area contributed by atoms with E-state index in [4.69, 9.17) is 16.4 Å². The number of nitrogens with one attached hydrogen (secondary N) is 1. The van der Waals surface area contributed by atoms with Gasteiger partial charge < -0.3 is 4.84 Å². The molecule has 1 aromatic carbocycles. The number of nitrogens with zero attached hydrogens (tertiary/aromatic N) is 2. The predicted octanol–water partition coefficient (Wildman–Crippen LogP) is 1.88. The van der Waals surface area contributed by atoms with Crippen molar-refractivity contribution < 1.29 is 4.84 Å². The van der Waals surface area contributed by atoms with Crippen molar-refractivity contribution in [3.05, 3.63) is 28.9 Å². The van der Waals surface area contributed by atoms with Gasteiger partial charge in [0, 0.05) is 19.0 Å². The number of aromatic nitrogens is 2. The molecule has 0 aliphatic rings. The second kappa shape index (κ2) is 4.18. The van der Waals surface area contributed by atoms with Gasteiger partial charge in [-0.05, 0) is 11.6 Å². The van der Waals surface area contributed by atoms with Crippen molar-refractivity contribution in [2.75, 3.05) is 7.11 Å². The van der Waals surface area contributed by atoms with E-state index in [0.717, 1.165) is 16.5 Å². The molecule has 0 aliphatic heterocycles. The van der Waals surface area contributed by atoms with Gasteiger partial charge in [-0.2, -0.15) is 10.6 Å². The quantitative estimate of drug-likeness (QED) is 0.811. The van der Waals surface area contributed by atoms with Gasteiger partial charge in [0.2, 0.25) is 0 Å². The number of benzene rings is 1. The average Bonchev–Trinajstić information content (AvgIpc) is 2.53. The fourth-order valence-electron chi connectivity index (χ4n) is 1.63. The largest absolute Gasteiger partial charge is 0.305 e. The lowest BCUT2D eigenvalue weighted by molar-refractivity contribution is 0.0870. The number of aryl methyl sites for hydroxylation is 1. The van der Waals surface area contributed by atoms with Crippen molar-refractivity contribution in [1.82, 2.24) is 15.3 Å². The molecule has 1 aromatic heterocycles. The van der Waals surface area contributed by atoms with Crippen molar-refractivity contribution in [2.45, 2.75) is 6.54 Å². The molecule has 15 heavy (non-hydrogen) atoms. The van der Waals surface area contributed by atoms with Crippen LogP contribution in [0.3, 0.4) is 0 Å². The van der Waals surface area contributed by atoms with Crippen LogP contribution in [0.4, 0.5) is 0 Å².